The van der Waals surface area contributed by atoms with Gasteiger partial charge in [-0.25, -0.2) is 0 Å². The van der Waals surface area contributed by atoms with Crippen LogP contribution in [0, 0.1) is 18.4 Å². The third-order valence-corrected chi connectivity index (χ3v) is 14.0. The van der Waals surface area contributed by atoms with Crippen molar-refractivity contribution in [2.75, 3.05) is 7.11 Å². The Morgan fingerprint density at radius 1 is 0.909 bits per heavy atom. The molecule has 3 heteroatoms. The highest BCUT2D eigenvalue weighted by Gasteiger charge is 2.41. The summed E-state index contributed by atoms with van der Waals surface area (Å²) < 4.78 is 0. The summed E-state index contributed by atoms with van der Waals surface area (Å²) in [6, 6.07) is 11.1. The molecular formula is C30H41NOSi. The smallest absolute Gasteiger partial charge is 0.146 e. The highest BCUT2D eigenvalue weighted by atomic mass is 28.3. The first-order valence-corrected chi connectivity index (χ1v) is 14.7. The van der Waals surface area contributed by atoms with E-state index in [-0.39, 0.29) is 0 Å². The molecule has 0 aromatic heterocycles. The number of aryl methyl sites for hydroxylation is 1. The van der Waals surface area contributed by atoms with Crippen molar-refractivity contribution < 1.29 is 4.84 Å². The first-order valence-electron chi connectivity index (χ1n) is 12.5. The summed E-state index contributed by atoms with van der Waals surface area (Å²) in [5, 5.41) is 7.04. The molecule has 2 nitrogen and oxygen atoms in total. The maximum absolute atomic E-state index is 5.29. The van der Waals surface area contributed by atoms with Crippen LogP contribution in [-0.4, -0.2) is 20.9 Å². The van der Waals surface area contributed by atoms with Crippen molar-refractivity contribution in [2.24, 2.45) is 5.16 Å². The Bertz CT molecular complexity index is 1120. The van der Waals surface area contributed by atoms with E-state index in [0.29, 0.717) is 16.6 Å². The van der Waals surface area contributed by atoms with Crippen LogP contribution in [0.4, 0.5) is 0 Å². The lowest BCUT2D eigenvalue weighted by Crippen LogP contribution is -2.43. The van der Waals surface area contributed by atoms with Crippen LogP contribution in [0.5, 0.6) is 0 Å². The van der Waals surface area contributed by atoms with Gasteiger partial charge in [-0.1, -0.05) is 82.5 Å². The Balaban J connectivity index is 2.40. The SMILES string of the molecule is CO/N=C1\CCCC(C)=C1c1c(C#C[Si](C(C)C)(C(C)C)C(C)C)cc(C)c2ccccc12. The van der Waals surface area contributed by atoms with Crippen molar-refractivity contribution in [3.8, 4) is 11.5 Å². The van der Waals surface area contributed by atoms with Gasteiger partial charge >= 0.3 is 0 Å². The van der Waals surface area contributed by atoms with Gasteiger partial charge in [0.25, 0.3) is 0 Å². The van der Waals surface area contributed by atoms with Crippen LogP contribution in [0.1, 0.15) is 84.4 Å². The number of fused-ring (bicyclic) bond motifs is 1. The molecule has 0 aliphatic heterocycles. The molecule has 0 amide bonds. The van der Waals surface area contributed by atoms with Crippen molar-refractivity contribution >= 4 is 30.1 Å². The summed E-state index contributed by atoms with van der Waals surface area (Å²) in [5.41, 5.74) is 13.2. The molecule has 2 aromatic carbocycles. The average Bonchev–Trinajstić information content (AvgIpc) is 2.75. The van der Waals surface area contributed by atoms with E-state index in [1.165, 1.54) is 33.0 Å². The van der Waals surface area contributed by atoms with E-state index in [1.807, 2.05) is 0 Å². The molecule has 0 unspecified atom stereocenters. The molecule has 3 rings (SSSR count). The zero-order valence-corrected chi connectivity index (χ0v) is 23.1. The molecule has 1 aliphatic rings. The maximum Gasteiger partial charge on any atom is 0.146 e. The van der Waals surface area contributed by atoms with E-state index < -0.39 is 8.07 Å². The maximum atomic E-state index is 5.29. The zero-order valence-electron chi connectivity index (χ0n) is 22.1. The van der Waals surface area contributed by atoms with Gasteiger partial charge in [0.2, 0.25) is 0 Å². The Labute approximate surface area is 202 Å². The van der Waals surface area contributed by atoms with Gasteiger partial charge in [0.1, 0.15) is 15.2 Å². The summed E-state index contributed by atoms with van der Waals surface area (Å²) in [5.74, 6) is 3.79. The van der Waals surface area contributed by atoms with Gasteiger partial charge in [0.05, 0.1) is 5.71 Å². The molecule has 0 fully saturated rings. The van der Waals surface area contributed by atoms with Gasteiger partial charge < -0.3 is 4.84 Å². The summed E-state index contributed by atoms with van der Waals surface area (Å²) in [6.45, 7) is 18.7. The molecule has 0 atom stereocenters. The number of oxime groups is 1. The van der Waals surface area contributed by atoms with Crippen molar-refractivity contribution in [3.63, 3.8) is 0 Å². The van der Waals surface area contributed by atoms with Crippen LogP contribution in [0.25, 0.3) is 16.3 Å². The van der Waals surface area contributed by atoms with Crippen molar-refractivity contribution in [1.82, 2.24) is 0 Å². The van der Waals surface area contributed by atoms with Gasteiger partial charge in [-0.2, -0.15) is 0 Å². The quantitative estimate of drug-likeness (QED) is 0.249. The average molecular weight is 460 g/mol. The second-order valence-electron chi connectivity index (χ2n) is 10.5. The predicted molar refractivity (Wildman–Crippen MR) is 147 cm³/mol. The normalized spacial score (nSPS) is 16.2. The standard InChI is InChI=1S/C30H41NOSi/c1-20(2)33(21(3)4,22(5)6)18-17-25-19-24(8)26-14-10-11-15-27(26)30(25)29-23(7)13-12-16-28(29)31-32-9/h10-11,14-15,19-22H,12-13,16H2,1-9H3/b31-28+. The van der Waals surface area contributed by atoms with Crippen LogP contribution >= 0.6 is 0 Å². The summed E-state index contributed by atoms with van der Waals surface area (Å²) in [6.07, 6.45) is 3.15. The summed E-state index contributed by atoms with van der Waals surface area (Å²) >= 11 is 0. The third-order valence-electron chi connectivity index (χ3n) is 7.66. The van der Waals surface area contributed by atoms with Gasteiger partial charge in [0, 0.05) is 16.7 Å². The number of hydrogen-bond donors (Lipinski definition) is 0. The molecular weight excluding hydrogens is 418 g/mol. The fourth-order valence-electron chi connectivity index (χ4n) is 6.11. The lowest BCUT2D eigenvalue weighted by atomic mass is 9.81. The molecule has 176 valence electrons. The highest BCUT2D eigenvalue weighted by molar-refractivity contribution is 6.90. The van der Waals surface area contributed by atoms with E-state index in [9.17, 15) is 0 Å². The number of rotatable bonds is 5. The van der Waals surface area contributed by atoms with Gasteiger partial charge in [-0.3, -0.25) is 0 Å². The fourth-order valence-corrected chi connectivity index (χ4v) is 11.3. The van der Waals surface area contributed by atoms with Crippen LogP contribution in [0.2, 0.25) is 16.6 Å². The number of nitrogens with zero attached hydrogens (tertiary/aromatic N) is 1. The largest absolute Gasteiger partial charge is 0.399 e. The zero-order chi connectivity index (χ0) is 24.3. The molecule has 0 spiro atoms. The molecule has 0 heterocycles. The number of allylic oxidation sites excluding steroid dienone is 2. The summed E-state index contributed by atoms with van der Waals surface area (Å²) in [4.78, 5) is 5.29. The second-order valence-corrected chi connectivity index (χ2v) is 16.1. The summed E-state index contributed by atoms with van der Waals surface area (Å²) in [7, 11) is -0.200. The van der Waals surface area contributed by atoms with Crippen LogP contribution in [0.3, 0.4) is 0 Å². The van der Waals surface area contributed by atoms with Gasteiger partial charge in [-0.05, 0) is 72.1 Å². The Kier molecular flexibility index (Phi) is 7.91. The van der Waals surface area contributed by atoms with Crippen LogP contribution < -0.4 is 0 Å². The predicted octanol–water partition coefficient (Wildman–Crippen LogP) is 8.68. The van der Waals surface area contributed by atoms with E-state index >= 15 is 0 Å². The molecule has 1 aliphatic carbocycles. The minimum absolute atomic E-state index is 0.608. The highest BCUT2D eigenvalue weighted by Crippen LogP contribution is 2.42. The molecule has 0 N–H and O–H groups in total. The van der Waals surface area contributed by atoms with Crippen molar-refractivity contribution in [1.29, 1.82) is 0 Å². The topological polar surface area (TPSA) is 21.6 Å². The van der Waals surface area contributed by atoms with E-state index in [2.05, 4.69) is 102 Å². The van der Waals surface area contributed by atoms with Crippen LogP contribution in [0.15, 0.2) is 41.1 Å². The fraction of sp³-hybridized carbons (Fsp3) is 0.500. The lowest BCUT2D eigenvalue weighted by Gasteiger charge is -2.38. The van der Waals surface area contributed by atoms with E-state index in [1.54, 1.807) is 7.11 Å². The Hall–Kier alpha value is -2.31. The molecule has 2 aromatic rings. The van der Waals surface area contributed by atoms with Crippen molar-refractivity contribution in [3.05, 3.63) is 52.6 Å². The molecule has 33 heavy (non-hydrogen) atoms. The first-order chi connectivity index (χ1) is 15.6. The lowest BCUT2D eigenvalue weighted by molar-refractivity contribution is 0.213. The van der Waals surface area contributed by atoms with Crippen molar-refractivity contribution in [2.45, 2.75) is 91.3 Å². The Morgan fingerprint density at radius 2 is 1.52 bits per heavy atom. The third kappa shape index (κ3) is 4.69. The Morgan fingerprint density at radius 3 is 2.09 bits per heavy atom. The van der Waals surface area contributed by atoms with Crippen LogP contribution in [-0.2, 0) is 4.84 Å². The minimum Gasteiger partial charge on any atom is -0.399 e. The molecule has 0 saturated heterocycles. The minimum atomic E-state index is -1.85. The molecule has 0 radical (unpaired) electrons. The number of hydrogen-bond acceptors (Lipinski definition) is 2. The van der Waals surface area contributed by atoms with E-state index in [0.717, 1.165) is 30.5 Å². The van der Waals surface area contributed by atoms with E-state index in [4.69, 9.17) is 4.84 Å². The first kappa shape index (κ1) is 25.3. The molecule has 0 bridgehead atoms. The second kappa shape index (κ2) is 10.3. The van der Waals surface area contributed by atoms with Gasteiger partial charge in [-0.15, -0.1) is 5.54 Å². The number of benzene rings is 2. The molecule has 0 saturated carbocycles. The van der Waals surface area contributed by atoms with Gasteiger partial charge in [0.15, 0.2) is 0 Å². The monoisotopic (exact) mass is 459 g/mol.